The van der Waals surface area contributed by atoms with E-state index in [2.05, 4.69) is 20.5 Å². The summed E-state index contributed by atoms with van der Waals surface area (Å²) in [4.78, 5) is 19.7. The van der Waals surface area contributed by atoms with E-state index in [9.17, 15) is 9.90 Å². The molecule has 0 radical (unpaired) electrons. The highest BCUT2D eigenvalue weighted by Gasteiger charge is 2.10. The van der Waals surface area contributed by atoms with Crippen molar-refractivity contribution in [1.82, 2.24) is 15.4 Å². The number of benzene rings is 2. The molecule has 4 aromatic rings. The molecule has 0 bridgehead atoms. The Kier molecular flexibility index (Phi) is 3.63. The molecule has 6 nitrogen and oxygen atoms in total. The topological polar surface area (TPSA) is 90.4 Å². The number of hydrazone groups is 1. The number of nitrogens with one attached hydrogen (secondary N) is 2. The van der Waals surface area contributed by atoms with E-state index in [-0.39, 0.29) is 11.4 Å². The minimum absolute atomic E-state index is 0.140. The number of para-hydroxylation sites is 1. The number of carbonyl (C=O) groups is 1. The van der Waals surface area contributed by atoms with Crippen LogP contribution in [0.5, 0.6) is 5.75 Å². The third-order valence-corrected chi connectivity index (χ3v) is 3.87. The van der Waals surface area contributed by atoms with Crippen molar-refractivity contribution in [3.8, 4) is 5.75 Å². The molecule has 0 unspecified atom stereocenters. The molecule has 0 atom stereocenters. The zero-order valence-electron chi connectivity index (χ0n) is 13.1. The highest BCUT2D eigenvalue weighted by Crippen LogP contribution is 2.24. The van der Waals surface area contributed by atoms with Crippen molar-refractivity contribution >= 4 is 33.9 Å². The molecule has 3 N–H and O–H groups in total. The Morgan fingerprint density at radius 3 is 2.84 bits per heavy atom. The van der Waals surface area contributed by atoms with Gasteiger partial charge in [-0.1, -0.05) is 30.3 Å². The van der Waals surface area contributed by atoms with Crippen LogP contribution in [0, 0.1) is 0 Å². The van der Waals surface area contributed by atoms with Gasteiger partial charge in [0.2, 0.25) is 0 Å². The average Bonchev–Trinajstić information content (AvgIpc) is 2.99. The van der Waals surface area contributed by atoms with Gasteiger partial charge in [0, 0.05) is 16.3 Å². The van der Waals surface area contributed by atoms with E-state index in [0.29, 0.717) is 5.56 Å². The van der Waals surface area contributed by atoms with Gasteiger partial charge in [-0.25, -0.2) is 10.4 Å². The number of aromatic amines is 1. The Morgan fingerprint density at radius 1 is 1.08 bits per heavy atom. The summed E-state index contributed by atoms with van der Waals surface area (Å²) < 4.78 is 0. The first-order chi connectivity index (χ1) is 12.2. The minimum atomic E-state index is -0.399. The molecule has 0 aliphatic carbocycles. The van der Waals surface area contributed by atoms with Crippen molar-refractivity contribution in [1.29, 1.82) is 0 Å². The summed E-state index contributed by atoms with van der Waals surface area (Å²) in [6.45, 7) is 0. The number of fused-ring (bicyclic) bond motifs is 3. The second-order valence-corrected chi connectivity index (χ2v) is 5.58. The van der Waals surface area contributed by atoms with E-state index in [1.807, 2.05) is 24.3 Å². The SMILES string of the molecule is O=C(N/N=C/c1cccc(O)c1)c1cc2c(cn1)[nH]c1ccccc12. The average molecular weight is 330 g/mol. The van der Waals surface area contributed by atoms with Crippen molar-refractivity contribution in [2.75, 3.05) is 0 Å². The molecule has 122 valence electrons. The molecular formula is C19H14N4O2. The summed E-state index contributed by atoms with van der Waals surface area (Å²) in [6.07, 6.45) is 3.10. The second-order valence-electron chi connectivity index (χ2n) is 5.58. The van der Waals surface area contributed by atoms with Crippen molar-refractivity contribution in [3.63, 3.8) is 0 Å². The molecule has 2 heterocycles. The first-order valence-electron chi connectivity index (χ1n) is 7.69. The summed E-state index contributed by atoms with van der Waals surface area (Å²) in [5.41, 5.74) is 5.29. The molecule has 1 amide bonds. The van der Waals surface area contributed by atoms with E-state index in [4.69, 9.17) is 0 Å². The third kappa shape index (κ3) is 2.92. The molecule has 0 aliphatic rings. The van der Waals surface area contributed by atoms with Crippen LogP contribution in [0.2, 0.25) is 0 Å². The van der Waals surface area contributed by atoms with E-state index < -0.39 is 5.91 Å². The molecule has 6 heteroatoms. The van der Waals surface area contributed by atoms with Crippen molar-refractivity contribution in [3.05, 3.63) is 72.1 Å². The number of H-pyrrole nitrogens is 1. The van der Waals surface area contributed by atoms with Crippen LogP contribution in [0.15, 0.2) is 65.9 Å². The normalized spacial score (nSPS) is 11.4. The quantitative estimate of drug-likeness (QED) is 0.398. The number of hydrogen-bond donors (Lipinski definition) is 3. The van der Waals surface area contributed by atoms with Crippen molar-refractivity contribution in [2.45, 2.75) is 0 Å². The number of pyridine rings is 1. The Balaban J connectivity index is 1.58. The van der Waals surface area contributed by atoms with E-state index >= 15 is 0 Å². The zero-order chi connectivity index (χ0) is 17.2. The van der Waals surface area contributed by atoms with Gasteiger partial charge >= 0.3 is 0 Å². The summed E-state index contributed by atoms with van der Waals surface area (Å²) in [5, 5.41) is 15.3. The number of nitrogens with zero attached hydrogens (tertiary/aromatic N) is 2. The molecule has 0 fully saturated rings. The summed E-state index contributed by atoms with van der Waals surface area (Å²) in [5.74, 6) is -0.259. The monoisotopic (exact) mass is 330 g/mol. The summed E-state index contributed by atoms with van der Waals surface area (Å²) >= 11 is 0. The lowest BCUT2D eigenvalue weighted by Gasteiger charge is -2.00. The molecule has 0 saturated carbocycles. The fourth-order valence-corrected chi connectivity index (χ4v) is 2.70. The molecule has 0 aliphatic heterocycles. The maximum absolute atomic E-state index is 12.3. The van der Waals surface area contributed by atoms with Gasteiger partial charge in [0.1, 0.15) is 11.4 Å². The van der Waals surface area contributed by atoms with Crippen LogP contribution in [0.3, 0.4) is 0 Å². The minimum Gasteiger partial charge on any atom is -0.508 e. The van der Waals surface area contributed by atoms with Crippen LogP contribution < -0.4 is 5.43 Å². The molecule has 0 saturated heterocycles. The van der Waals surface area contributed by atoms with E-state index in [1.54, 1.807) is 36.5 Å². The maximum Gasteiger partial charge on any atom is 0.289 e. The van der Waals surface area contributed by atoms with Gasteiger partial charge in [0.05, 0.1) is 17.9 Å². The molecule has 0 spiro atoms. The lowest BCUT2D eigenvalue weighted by Crippen LogP contribution is -2.18. The van der Waals surface area contributed by atoms with Gasteiger partial charge in [0.25, 0.3) is 5.91 Å². The molecule has 4 rings (SSSR count). The Morgan fingerprint density at radius 2 is 1.96 bits per heavy atom. The van der Waals surface area contributed by atoms with E-state index in [0.717, 1.165) is 21.8 Å². The van der Waals surface area contributed by atoms with Crippen LogP contribution in [0.1, 0.15) is 16.1 Å². The molecule has 2 aromatic carbocycles. The third-order valence-electron chi connectivity index (χ3n) is 3.87. The predicted octanol–water partition coefficient (Wildman–Crippen LogP) is 3.19. The molecule has 25 heavy (non-hydrogen) atoms. The highest BCUT2D eigenvalue weighted by molar-refractivity contribution is 6.09. The summed E-state index contributed by atoms with van der Waals surface area (Å²) in [7, 11) is 0. The maximum atomic E-state index is 12.3. The van der Waals surface area contributed by atoms with Gasteiger partial charge in [-0.05, 0) is 29.8 Å². The first kappa shape index (κ1) is 14.9. The predicted molar refractivity (Wildman–Crippen MR) is 96.8 cm³/mol. The largest absolute Gasteiger partial charge is 0.508 e. The fourth-order valence-electron chi connectivity index (χ4n) is 2.70. The van der Waals surface area contributed by atoms with Gasteiger partial charge in [-0.15, -0.1) is 0 Å². The van der Waals surface area contributed by atoms with Crippen molar-refractivity contribution in [2.24, 2.45) is 5.10 Å². The second kappa shape index (κ2) is 6.09. The Bertz CT molecular complexity index is 1110. The highest BCUT2D eigenvalue weighted by atomic mass is 16.3. The summed E-state index contributed by atoms with van der Waals surface area (Å²) in [6, 6.07) is 16.2. The van der Waals surface area contributed by atoms with Crippen molar-refractivity contribution < 1.29 is 9.90 Å². The van der Waals surface area contributed by atoms with Gasteiger partial charge in [0.15, 0.2) is 0 Å². The Hall–Kier alpha value is -3.67. The number of aromatic hydroxyl groups is 1. The van der Waals surface area contributed by atoms with Crippen LogP contribution >= 0.6 is 0 Å². The lowest BCUT2D eigenvalue weighted by atomic mass is 10.1. The Labute approximate surface area is 142 Å². The van der Waals surface area contributed by atoms with Gasteiger partial charge in [-0.3, -0.25) is 4.79 Å². The van der Waals surface area contributed by atoms with Gasteiger partial charge < -0.3 is 10.1 Å². The standard InChI is InChI=1S/C19H14N4O2/c24-13-5-3-4-12(8-13)10-21-23-19(25)17-9-15-14-6-1-2-7-16(14)22-18(15)11-20-17/h1-11,22,24H,(H,23,25)/b21-10+. The number of phenolic OH excluding ortho intramolecular Hbond substituents is 1. The van der Waals surface area contributed by atoms with Crippen LogP contribution in [0.25, 0.3) is 21.8 Å². The van der Waals surface area contributed by atoms with Crippen LogP contribution in [-0.2, 0) is 0 Å². The molecule has 2 aromatic heterocycles. The number of amides is 1. The van der Waals surface area contributed by atoms with Crippen LogP contribution in [0.4, 0.5) is 0 Å². The number of hydrogen-bond acceptors (Lipinski definition) is 4. The number of rotatable bonds is 3. The number of carbonyl (C=O) groups excluding carboxylic acids is 1. The van der Waals surface area contributed by atoms with Crippen LogP contribution in [-0.4, -0.2) is 27.2 Å². The number of phenols is 1. The van der Waals surface area contributed by atoms with E-state index in [1.165, 1.54) is 6.21 Å². The molecular weight excluding hydrogens is 316 g/mol. The smallest absolute Gasteiger partial charge is 0.289 e. The number of aromatic nitrogens is 2. The zero-order valence-corrected chi connectivity index (χ0v) is 13.1. The lowest BCUT2D eigenvalue weighted by molar-refractivity contribution is 0.0950. The van der Waals surface area contributed by atoms with Gasteiger partial charge in [-0.2, -0.15) is 5.10 Å². The fraction of sp³-hybridized carbons (Fsp3) is 0. The first-order valence-corrected chi connectivity index (χ1v) is 7.69.